The van der Waals surface area contributed by atoms with Gasteiger partial charge in [-0.15, -0.1) is 0 Å². The van der Waals surface area contributed by atoms with Crippen molar-refractivity contribution in [1.29, 1.82) is 0 Å². The van der Waals surface area contributed by atoms with Crippen molar-refractivity contribution in [2.24, 2.45) is 0 Å². The molecule has 19 heavy (non-hydrogen) atoms. The lowest BCUT2D eigenvalue weighted by atomic mass is 9.96. The molecule has 2 unspecified atom stereocenters. The summed E-state index contributed by atoms with van der Waals surface area (Å²) in [4.78, 5) is 4.58. The molecule has 0 amide bonds. The molecule has 1 aromatic heterocycles. The molecule has 1 aliphatic rings. The third-order valence-corrected chi connectivity index (χ3v) is 4.25. The van der Waals surface area contributed by atoms with Crippen LogP contribution < -0.4 is 5.32 Å². The van der Waals surface area contributed by atoms with Crippen LogP contribution in [0.1, 0.15) is 43.4 Å². The second-order valence-corrected chi connectivity index (χ2v) is 5.67. The maximum atomic E-state index is 4.58. The number of aryl methyl sites for hydroxylation is 1. The number of nitrogens with one attached hydrogen (secondary N) is 1. The third-order valence-electron chi connectivity index (χ3n) is 4.25. The summed E-state index contributed by atoms with van der Waals surface area (Å²) in [5.74, 6) is 0.717. The van der Waals surface area contributed by atoms with E-state index in [9.17, 15) is 0 Å². The molecule has 1 heterocycles. The molecule has 1 aliphatic carbocycles. The quantitative estimate of drug-likeness (QED) is 0.901. The standard InChI is InChI=1S/C17H22N2/c1-3-18-16-8-6-14(11-16)13-7-9-17-15(10-13)5-4-12(2)19-17/h4-5,7,9-10,14,16,18H,3,6,8,11H2,1-2H3. The van der Waals surface area contributed by atoms with Crippen LogP contribution in [-0.2, 0) is 0 Å². The van der Waals surface area contributed by atoms with E-state index in [4.69, 9.17) is 0 Å². The van der Waals surface area contributed by atoms with Crippen molar-refractivity contribution >= 4 is 10.9 Å². The molecular formula is C17H22N2. The van der Waals surface area contributed by atoms with Gasteiger partial charge in [-0.1, -0.05) is 19.1 Å². The van der Waals surface area contributed by atoms with E-state index in [1.54, 1.807) is 0 Å². The van der Waals surface area contributed by atoms with Crippen LogP contribution in [0.2, 0.25) is 0 Å². The van der Waals surface area contributed by atoms with Gasteiger partial charge in [0, 0.05) is 17.1 Å². The number of benzene rings is 1. The van der Waals surface area contributed by atoms with Gasteiger partial charge in [0.15, 0.2) is 0 Å². The fourth-order valence-electron chi connectivity index (χ4n) is 3.26. The lowest BCUT2D eigenvalue weighted by molar-refractivity contribution is 0.535. The van der Waals surface area contributed by atoms with Gasteiger partial charge in [-0.25, -0.2) is 0 Å². The van der Waals surface area contributed by atoms with Crippen LogP contribution in [-0.4, -0.2) is 17.6 Å². The summed E-state index contributed by atoms with van der Waals surface area (Å²) in [7, 11) is 0. The smallest absolute Gasteiger partial charge is 0.0705 e. The highest BCUT2D eigenvalue weighted by Crippen LogP contribution is 2.35. The molecule has 1 N–H and O–H groups in total. The Labute approximate surface area is 115 Å². The van der Waals surface area contributed by atoms with Crippen molar-refractivity contribution in [3.63, 3.8) is 0 Å². The summed E-state index contributed by atoms with van der Waals surface area (Å²) in [6.07, 6.45) is 3.89. The number of hydrogen-bond acceptors (Lipinski definition) is 2. The van der Waals surface area contributed by atoms with Crippen molar-refractivity contribution in [3.8, 4) is 0 Å². The predicted molar refractivity (Wildman–Crippen MR) is 80.5 cm³/mol. The van der Waals surface area contributed by atoms with E-state index in [0.29, 0.717) is 6.04 Å². The van der Waals surface area contributed by atoms with Gasteiger partial charge >= 0.3 is 0 Å². The predicted octanol–water partition coefficient (Wildman–Crippen LogP) is 3.79. The minimum absolute atomic E-state index is 0.710. The van der Waals surface area contributed by atoms with Crippen LogP contribution in [0.15, 0.2) is 30.3 Å². The van der Waals surface area contributed by atoms with Gasteiger partial charge in [0.1, 0.15) is 0 Å². The summed E-state index contributed by atoms with van der Waals surface area (Å²) in [6, 6.07) is 11.8. The summed E-state index contributed by atoms with van der Waals surface area (Å²) >= 11 is 0. The molecule has 0 radical (unpaired) electrons. The molecule has 2 nitrogen and oxygen atoms in total. The van der Waals surface area contributed by atoms with Gasteiger partial charge in [-0.3, -0.25) is 4.98 Å². The van der Waals surface area contributed by atoms with E-state index in [0.717, 1.165) is 23.7 Å². The Morgan fingerprint density at radius 3 is 2.95 bits per heavy atom. The molecule has 0 bridgehead atoms. The van der Waals surface area contributed by atoms with E-state index in [2.05, 4.69) is 47.6 Å². The van der Waals surface area contributed by atoms with Gasteiger partial charge in [0.25, 0.3) is 0 Å². The first-order valence-corrected chi connectivity index (χ1v) is 7.37. The van der Waals surface area contributed by atoms with Crippen LogP contribution in [0.3, 0.4) is 0 Å². The molecule has 2 atom stereocenters. The Morgan fingerprint density at radius 2 is 2.11 bits per heavy atom. The zero-order valence-electron chi connectivity index (χ0n) is 11.8. The number of rotatable bonds is 3. The van der Waals surface area contributed by atoms with Gasteiger partial charge in [-0.2, -0.15) is 0 Å². The molecule has 1 aromatic carbocycles. The molecule has 3 rings (SSSR count). The maximum absolute atomic E-state index is 4.58. The SMILES string of the molecule is CCNC1CCC(c2ccc3nc(C)ccc3c2)C1. The lowest BCUT2D eigenvalue weighted by Gasteiger charge is -2.13. The minimum atomic E-state index is 0.710. The van der Waals surface area contributed by atoms with Gasteiger partial charge in [0.05, 0.1) is 5.52 Å². The first-order valence-electron chi connectivity index (χ1n) is 7.37. The first kappa shape index (κ1) is 12.6. The monoisotopic (exact) mass is 254 g/mol. The van der Waals surface area contributed by atoms with E-state index in [1.807, 2.05) is 6.92 Å². The van der Waals surface area contributed by atoms with Crippen molar-refractivity contribution in [2.45, 2.75) is 45.1 Å². The second kappa shape index (κ2) is 5.30. The summed E-state index contributed by atoms with van der Waals surface area (Å²) in [6.45, 7) is 5.32. The highest BCUT2D eigenvalue weighted by atomic mass is 14.9. The fourth-order valence-corrected chi connectivity index (χ4v) is 3.26. The Balaban J connectivity index is 1.84. The Hall–Kier alpha value is -1.41. The van der Waals surface area contributed by atoms with Crippen molar-refractivity contribution in [2.75, 3.05) is 6.54 Å². The van der Waals surface area contributed by atoms with Crippen LogP contribution >= 0.6 is 0 Å². The zero-order valence-corrected chi connectivity index (χ0v) is 11.8. The molecule has 0 spiro atoms. The fraction of sp³-hybridized carbons (Fsp3) is 0.471. The van der Waals surface area contributed by atoms with E-state index < -0.39 is 0 Å². The largest absolute Gasteiger partial charge is 0.314 e. The molecule has 2 aromatic rings. The van der Waals surface area contributed by atoms with E-state index in [-0.39, 0.29) is 0 Å². The summed E-state index contributed by atoms with van der Waals surface area (Å²) < 4.78 is 0. The molecule has 100 valence electrons. The van der Waals surface area contributed by atoms with Crippen molar-refractivity contribution in [3.05, 3.63) is 41.6 Å². The van der Waals surface area contributed by atoms with Crippen LogP contribution in [0.5, 0.6) is 0 Å². The molecular weight excluding hydrogens is 232 g/mol. The van der Waals surface area contributed by atoms with E-state index in [1.165, 1.54) is 30.2 Å². The number of fused-ring (bicyclic) bond motifs is 1. The van der Waals surface area contributed by atoms with E-state index >= 15 is 0 Å². The second-order valence-electron chi connectivity index (χ2n) is 5.67. The average Bonchev–Trinajstić information content (AvgIpc) is 2.87. The molecule has 2 heteroatoms. The minimum Gasteiger partial charge on any atom is -0.314 e. The Morgan fingerprint density at radius 1 is 1.21 bits per heavy atom. The number of pyridine rings is 1. The molecule has 1 saturated carbocycles. The van der Waals surface area contributed by atoms with Gasteiger partial charge in [-0.05, 0) is 62.4 Å². The average molecular weight is 254 g/mol. The maximum Gasteiger partial charge on any atom is 0.0705 e. The molecule has 0 saturated heterocycles. The van der Waals surface area contributed by atoms with Gasteiger partial charge < -0.3 is 5.32 Å². The molecule has 1 fully saturated rings. The first-order chi connectivity index (χ1) is 9.26. The number of hydrogen-bond donors (Lipinski definition) is 1. The summed E-state index contributed by atoms with van der Waals surface area (Å²) in [5, 5.41) is 4.85. The van der Waals surface area contributed by atoms with Crippen molar-refractivity contribution in [1.82, 2.24) is 10.3 Å². The highest BCUT2D eigenvalue weighted by Gasteiger charge is 2.25. The van der Waals surface area contributed by atoms with Crippen molar-refractivity contribution < 1.29 is 0 Å². The van der Waals surface area contributed by atoms with Crippen LogP contribution in [0.4, 0.5) is 0 Å². The zero-order chi connectivity index (χ0) is 13.2. The van der Waals surface area contributed by atoms with Gasteiger partial charge in [0.2, 0.25) is 0 Å². The lowest BCUT2D eigenvalue weighted by Crippen LogP contribution is -2.25. The Bertz CT molecular complexity index is 576. The Kier molecular flexibility index (Phi) is 3.52. The number of nitrogens with zero attached hydrogens (tertiary/aromatic N) is 1. The number of aromatic nitrogens is 1. The highest BCUT2D eigenvalue weighted by molar-refractivity contribution is 5.79. The van der Waals surface area contributed by atoms with Crippen LogP contribution in [0.25, 0.3) is 10.9 Å². The van der Waals surface area contributed by atoms with Crippen LogP contribution in [0, 0.1) is 6.92 Å². The topological polar surface area (TPSA) is 24.9 Å². The summed E-state index contributed by atoms with van der Waals surface area (Å²) in [5.41, 5.74) is 3.69. The normalized spacial score (nSPS) is 23.1. The third kappa shape index (κ3) is 2.64. The molecule has 0 aliphatic heterocycles.